The maximum absolute atomic E-state index is 14.1. The van der Waals surface area contributed by atoms with Crippen molar-refractivity contribution in [3.8, 4) is 22.5 Å². The van der Waals surface area contributed by atoms with E-state index in [1.165, 1.54) is 32.4 Å². The Hall–Kier alpha value is -4.53. The van der Waals surface area contributed by atoms with Crippen molar-refractivity contribution in [3.05, 3.63) is 89.6 Å². The molecule has 6 rings (SSSR count). The molecule has 1 N–H and O–H groups in total. The van der Waals surface area contributed by atoms with Crippen LogP contribution in [0, 0.1) is 18.2 Å². The van der Waals surface area contributed by atoms with Crippen molar-refractivity contribution in [1.82, 2.24) is 10.1 Å². The van der Waals surface area contributed by atoms with Gasteiger partial charge < -0.3 is 14.0 Å². The predicted molar refractivity (Wildman–Crippen MR) is 154 cm³/mol. The second-order valence-electron chi connectivity index (χ2n) is 11.5. The SMILES string of the molecule is COC(=O)C1(c2ccc(-c3ccc(-c4onc(C)c4NC(=O)OC(C)c4ccccc4F)cc3)cn2)CC2(CCC2)C1. The number of ether oxygens (including phenoxy) is 2. The molecule has 2 aliphatic rings. The molecule has 0 radical (unpaired) electrons. The van der Waals surface area contributed by atoms with Gasteiger partial charge >= 0.3 is 12.1 Å². The number of aromatic nitrogens is 2. The van der Waals surface area contributed by atoms with Gasteiger partial charge in [-0.25, -0.2) is 9.18 Å². The molecular weight excluding hydrogens is 537 g/mol. The van der Waals surface area contributed by atoms with Gasteiger partial charge in [0.25, 0.3) is 0 Å². The van der Waals surface area contributed by atoms with Crippen molar-refractivity contribution < 1.29 is 28.0 Å². The van der Waals surface area contributed by atoms with E-state index in [9.17, 15) is 14.0 Å². The summed E-state index contributed by atoms with van der Waals surface area (Å²) in [4.78, 5) is 30.1. The summed E-state index contributed by atoms with van der Waals surface area (Å²) in [5.74, 6) is -0.280. The number of esters is 1. The summed E-state index contributed by atoms with van der Waals surface area (Å²) in [6.45, 7) is 3.31. The minimum Gasteiger partial charge on any atom is -0.468 e. The normalized spacial score (nSPS) is 17.0. The summed E-state index contributed by atoms with van der Waals surface area (Å²) < 4.78 is 30.2. The molecule has 2 heterocycles. The van der Waals surface area contributed by atoms with Crippen molar-refractivity contribution in [3.63, 3.8) is 0 Å². The van der Waals surface area contributed by atoms with Crippen LogP contribution in [0.5, 0.6) is 0 Å². The van der Waals surface area contributed by atoms with E-state index < -0.39 is 23.4 Å². The highest BCUT2D eigenvalue weighted by molar-refractivity contribution is 5.91. The number of rotatable bonds is 7. The van der Waals surface area contributed by atoms with Crippen molar-refractivity contribution >= 4 is 17.7 Å². The summed E-state index contributed by atoms with van der Waals surface area (Å²) in [6, 6.07) is 17.6. The molecule has 2 saturated carbocycles. The number of nitrogens with one attached hydrogen (secondary N) is 1. The van der Waals surface area contributed by atoms with Crippen LogP contribution in [-0.2, 0) is 19.7 Å². The Morgan fingerprint density at radius 1 is 1.00 bits per heavy atom. The number of anilines is 1. The van der Waals surface area contributed by atoms with E-state index in [1.807, 2.05) is 36.4 Å². The van der Waals surface area contributed by atoms with E-state index in [4.69, 9.17) is 19.0 Å². The van der Waals surface area contributed by atoms with Gasteiger partial charge in [-0.3, -0.25) is 15.1 Å². The van der Waals surface area contributed by atoms with Crippen LogP contribution >= 0.6 is 0 Å². The second kappa shape index (κ2) is 10.7. The lowest BCUT2D eigenvalue weighted by Crippen LogP contribution is -2.57. The number of carbonyl (C=O) groups is 2. The molecule has 9 heteroatoms. The van der Waals surface area contributed by atoms with Gasteiger partial charge in [-0.2, -0.15) is 0 Å². The molecular formula is C33H32FN3O5. The lowest BCUT2D eigenvalue weighted by Gasteiger charge is -2.59. The molecule has 0 aliphatic heterocycles. The number of halogens is 1. The molecule has 216 valence electrons. The molecule has 0 bridgehead atoms. The average Bonchev–Trinajstić information content (AvgIpc) is 3.31. The van der Waals surface area contributed by atoms with Gasteiger partial charge in [0.15, 0.2) is 5.76 Å². The van der Waals surface area contributed by atoms with E-state index in [1.54, 1.807) is 38.2 Å². The standard InChI is InChI=1S/C33H32FN3O5/c1-20-28(36-31(39)41-21(2)25-7-4-5-8-26(25)34)29(42-37-20)23-11-9-22(10-12-23)24-13-14-27(35-17-24)33(30(38)40-3)18-32(19-33)15-6-16-32/h4-5,7-14,17,21H,6,15-16,18-19H2,1-3H3,(H,36,39). The number of amides is 1. The van der Waals surface area contributed by atoms with Crippen LogP contribution < -0.4 is 5.32 Å². The minimum absolute atomic E-state index is 0.207. The molecule has 2 fully saturated rings. The lowest BCUT2D eigenvalue weighted by molar-refractivity contribution is -0.164. The molecule has 2 aliphatic carbocycles. The summed E-state index contributed by atoms with van der Waals surface area (Å²) in [7, 11) is 1.44. The number of aryl methyl sites for hydroxylation is 1. The summed E-state index contributed by atoms with van der Waals surface area (Å²) in [5.41, 5.74) is 4.05. The molecule has 4 aromatic rings. The third-order valence-electron chi connectivity index (χ3n) is 8.79. The van der Waals surface area contributed by atoms with Gasteiger partial charge in [-0.1, -0.05) is 60.1 Å². The Labute approximate surface area is 243 Å². The average molecular weight is 570 g/mol. The first kappa shape index (κ1) is 27.6. The first-order valence-corrected chi connectivity index (χ1v) is 14.1. The fourth-order valence-corrected chi connectivity index (χ4v) is 6.42. The van der Waals surface area contributed by atoms with E-state index in [0.29, 0.717) is 22.7 Å². The fourth-order valence-electron chi connectivity index (χ4n) is 6.42. The first-order valence-electron chi connectivity index (χ1n) is 14.1. The zero-order chi connectivity index (χ0) is 29.5. The van der Waals surface area contributed by atoms with Crippen molar-refractivity contribution in [2.45, 2.75) is 57.5 Å². The smallest absolute Gasteiger partial charge is 0.412 e. The Morgan fingerprint density at radius 3 is 2.31 bits per heavy atom. The molecule has 2 aromatic heterocycles. The quantitative estimate of drug-likeness (QED) is 0.229. The number of nitrogens with zero attached hydrogens (tertiary/aromatic N) is 2. The number of carbonyl (C=O) groups excluding carboxylic acids is 2. The van der Waals surface area contributed by atoms with Crippen molar-refractivity contribution in [2.75, 3.05) is 12.4 Å². The fraction of sp³-hybridized carbons (Fsp3) is 0.333. The van der Waals surface area contributed by atoms with Crippen LogP contribution in [0.3, 0.4) is 0 Å². The van der Waals surface area contributed by atoms with Gasteiger partial charge in [-0.05, 0) is 62.6 Å². The molecule has 1 spiro atoms. The highest BCUT2D eigenvalue weighted by Gasteiger charge is 2.62. The maximum Gasteiger partial charge on any atom is 0.412 e. The topological polar surface area (TPSA) is 104 Å². The Kier molecular flexibility index (Phi) is 7.04. The van der Waals surface area contributed by atoms with E-state index in [0.717, 1.165) is 29.7 Å². The largest absolute Gasteiger partial charge is 0.468 e. The lowest BCUT2D eigenvalue weighted by atomic mass is 9.44. The number of methoxy groups -OCH3 is 1. The molecule has 1 amide bonds. The van der Waals surface area contributed by atoms with Crippen LogP contribution in [-0.4, -0.2) is 29.3 Å². The first-order chi connectivity index (χ1) is 20.2. The van der Waals surface area contributed by atoms with Gasteiger partial charge in [0.1, 0.15) is 28.7 Å². The molecule has 1 unspecified atom stereocenters. The predicted octanol–water partition coefficient (Wildman–Crippen LogP) is 7.54. The molecule has 8 nitrogen and oxygen atoms in total. The highest BCUT2D eigenvalue weighted by atomic mass is 19.1. The maximum atomic E-state index is 14.1. The van der Waals surface area contributed by atoms with Crippen LogP contribution in [0.4, 0.5) is 14.9 Å². The zero-order valence-electron chi connectivity index (χ0n) is 23.8. The van der Waals surface area contributed by atoms with Gasteiger partial charge in [-0.15, -0.1) is 0 Å². The summed E-state index contributed by atoms with van der Waals surface area (Å²) >= 11 is 0. The number of hydrogen-bond acceptors (Lipinski definition) is 7. The minimum atomic E-state index is -0.791. The van der Waals surface area contributed by atoms with Crippen LogP contribution in [0.2, 0.25) is 0 Å². The van der Waals surface area contributed by atoms with Crippen molar-refractivity contribution in [2.24, 2.45) is 5.41 Å². The Morgan fingerprint density at radius 2 is 1.69 bits per heavy atom. The van der Waals surface area contributed by atoms with Gasteiger partial charge in [0.05, 0.1) is 12.8 Å². The van der Waals surface area contributed by atoms with Gasteiger partial charge in [0.2, 0.25) is 0 Å². The zero-order valence-corrected chi connectivity index (χ0v) is 23.8. The molecule has 42 heavy (non-hydrogen) atoms. The highest BCUT2D eigenvalue weighted by Crippen LogP contribution is 2.65. The summed E-state index contributed by atoms with van der Waals surface area (Å²) in [6.07, 6.45) is 5.42. The number of benzene rings is 2. The second-order valence-corrected chi connectivity index (χ2v) is 11.5. The van der Waals surface area contributed by atoms with E-state index in [-0.39, 0.29) is 16.9 Å². The van der Waals surface area contributed by atoms with Crippen LogP contribution in [0.15, 0.2) is 71.4 Å². The molecule has 1 atom stereocenters. The Balaban J connectivity index is 1.16. The van der Waals surface area contributed by atoms with Gasteiger partial charge in [0, 0.05) is 22.9 Å². The third kappa shape index (κ3) is 4.82. The molecule has 0 saturated heterocycles. The molecule has 2 aromatic carbocycles. The van der Waals surface area contributed by atoms with Crippen LogP contribution in [0.1, 0.15) is 62.1 Å². The monoisotopic (exact) mass is 569 g/mol. The number of hydrogen-bond donors (Lipinski definition) is 1. The summed E-state index contributed by atoms with van der Waals surface area (Å²) in [5, 5.41) is 6.71. The Bertz CT molecular complexity index is 1620. The number of pyridine rings is 1. The van der Waals surface area contributed by atoms with Crippen molar-refractivity contribution in [1.29, 1.82) is 0 Å². The third-order valence-corrected chi connectivity index (χ3v) is 8.79. The van der Waals surface area contributed by atoms with E-state index >= 15 is 0 Å². The van der Waals surface area contributed by atoms with Crippen LogP contribution in [0.25, 0.3) is 22.5 Å². The van der Waals surface area contributed by atoms with E-state index in [2.05, 4.69) is 10.5 Å².